The van der Waals surface area contributed by atoms with Crippen molar-refractivity contribution in [1.29, 1.82) is 0 Å². The molecule has 0 bridgehead atoms. The van der Waals surface area contributed by atoms with Crippen LogP contribution in [0.25, 0.3) is 22.0 Å². The van der Waals surface area contributed by atoms with Crippen molar-refractivity contribution >= 4 is 28.4 Å². The highest BCUT2D eigenvalue weighted by atomic mass is 16.5. The van der Waals surface area contributed by atoms with Crippen LogP contribution < -0.4 is 10.1 Å². The number of pyridine rings is 2. The lowest BCUT2D eigenvalue weighted by atomic mass is 9.95. The monoisotopic (exact) mass is 595 g/mol. The molecule has 2 aliphatic heterocycles. The zero-order chi connectivity index (χ0) is 30.5. The summed E-state index contributed by atoms with van der Waals surface area (Å²) in [5.74, 6) is 0.855. The van der Waals surface area contributed by atoms with Crippen LogP contribution in [-0.4, -0.2) is 82.9 Å². The number of nitrogens with zero attached hydrogens (tertiary/aromatic N) is 4. The van der Waals surface area contributed by atoms with Gasteiger partial charge in [-0.25, -0.2) is 4.98 Å². The lowest BCUT2D eigenvalue weighted by molar-refractivity contribution is -0.142. The van der Waals surface area contributed by atoms with Crippen molar-refractivity contribution in [3.63, 3.8) is 0 Å². The van der Waals surface area contributed by atoms with E-state index in [9.17, 15) is 9.90 Å². The maximum atomic E-state index is 11.6. The largest absolute Gasteiger partial charge is 0.493 e. The highest BCUT2D eigenvalue weighted by molar-refractivity contribution is 5.91. The van der Waals surface area contributed by atoms with Gasteiger partial charge in [-0.2, -0.15) is 0 Å². The smallest absolute Gasteiger partial charge is 0.320 e. The molecular formula is C35H41N5O4. The van der Waals surface area contributed by atoms with Crippen molar-refractivity contribution < 1.29 is 19.4 Å². The summed E-state index contributed by atoms with van der Waals surface area (Å²) in [6, 6.07) is 16.2. The number of nitrogens with one attached hydrogen (secondary N) is 1. The van der Waals surface area contributed by atoms with Crippen LogP contribution >= 0.6 is 0 Å². The first-order chi connectivity index (χ1) is 21.5. The molecule has 44 heavy (non-hydrogen) atoms. The normalized spacial score (nSPS) is 17.6. The van der Waals surface area contributed by atoms with Crippen molar-refractivity contribution in [3.8, 4) is 16.9 Å². The van der Waals surface area contributed by atoms with Gasteiger partial charge in [0.15, 0.2) is 5.82 Å². The molecule has 0 aliphatic carbocycles. The number of ether oxygens (including phenoxy) is 2. The van der Waals surface area contributed by atoms with E-state index in [1.54, 1.807) is 6.20 Å². The fourth-order valence-corrected chi connectivity index (χ4v) is 6.36. The fourth-order valence-electron chi connectivity index (χ4n) is 6.36. The second-order valence-corrected chi connectivity index (χ2v) is 11.7. The maximum absolute atomic E-state index is 11.6. The molecule has 6 rings (SSSR count). The van der Waals surface area contributed by atoms with Gasteiger partial charge < -0.3 is 19.9 Å². The SMILES string of the molecule is Cc1c(Nc2nccc3cc(CN4CCCC4C(=O)O)cnc23)cccc1-c1cccc(OCCCN2CCOCC2)c1C. The van der Waals surface area contributed by atoms with Gasteiger partial charge in [0.05, 0.1) is 19.8 Å². The van der Waals surface area contributed by atoms with Crippen LogP contribution in [0.3, 0.4) is 0 Å². The Morgan fingerprint density at radius 2 is 1.84 bits per heavy atom. The van der Waals surface area contributed by atoms with E-state index in [-0.39, 0.29) is 0 Å². The van der Waals surface area contributed by atoms with Crippen LogP contribution in [-0.2, 0) is 16.1 Å². The molecule has 2 N–H and O–H groups in total. The third kappa shape index (κ3) is 6.70. The molecule has 4 heterocycles. The summed E-state index contributed by atoms with van der Waals surface area (Å²) in [4.78, 5) is 25.5. The molecule has 0 radical (unpaired) electrons. The van der Waals surface area contributed by atoms with Gasteiger partial charge in [-0.15, -0.1) is 0 Å². The van der Waals surface area contributed by atoms with Crippen LogP contribution in [0.2, 0.25) is 0 Å². The Balaban J connectivity index is 1.17. The average molecular weight is 596 g/mol. The topological polar surface area (TPSA) is 100 Å². The van der Waals surface area contributed by atoms with Crippen LogP contribution in [0.5, 0.6) is 5.75 Å². The molecular weight excluding hydrogens is 554 g/mol. The zero-order valence-corrected chi connectivity index (χ0v) is 25.6. The molecule has 1 atom stereocenters. The zero-order valence-electron chi connectivity index (χ0n) is 25.6. The Bertz CT molecular complexity index is 1620. The Labute approximate surface area is 258 Å². The van der Waals surface area contributed by atoms with E-state index in [0.717, 1.165) is 102 Å². The third-order valence-corrected chi connectivity index (χ3v) is 8.83. The van der Waals surface area contributed by atoms with Crippen molar-refractivity contribution in [2.45, 2.75) is 45.7 Å². The second kappa shape index (κ2) is 13.7. The lowest BCUT2D eigenvalue weighted by Crippen LogP contribution is -2.37. The van der Waals surface area contributed by atoms with Gasteiger partial charge in [-0.1, -0.05) is 24.3 Å². The van der Waals surface area contributed by atoms with Crippen molar-refractivity contribution in [3.05, 3.63) is 77.6 Å². The molecule has 1 unspecified atom stereocenters. The number of anilines is 2. The minimum Gasteiger partial charge on any atom is -0.493 e. The van der Waals surface area contributed by atoms with E-state index in [0.29, 0.717) is 25.4 Å². The fraction of sp³-hybridized carbons (Fsp3) is 0.400. The Kier molecular flexibility index (Phi) is 9.35. The van der Waals surface area contributed by atoms with Gasteiger partial charge in [0.2, 0.25) is 0 Å². The van der Waals surface area contributed by atoms with Gasteiger partial charge in [0.25, 0.3) is 0 Å². The standard InChI is InChI=1S/C35H41N5O4/c1-24-28(29-8-4-11-32(25(29)2)44-18-6-14-39-16-19-43-20-17-39)7-3-9-30(24)38-34-33-27(12-13-36-34)21-26(22-37-33)23-40-15-5-10-31(40)35(41)42/h3-4,7-9,11-13,21-22,31H,5-6,10,14-20,23H2,1-2H3,(H,36,38)(H,41,42). The summed E-state index contributed by atoms with van der Waals surface area (Å²) in [6.07, 6.45) is 6.21. The quantitative estimate of drug-likeness (QED) is 0.208. The predicted molar refractivity (Wildman–Crippen MR) is 173 cm³/mol. The number of aromatic nitrogens is 2. The highest BCUT2D eigenvalue weighted by Crippen LogP contribution is 2.36. The number of benzene rings is 2. The van der Waals surface area contributed by atoms with Crippen LogP contribution in [0, 0.1) is 13.8 Å². The van der Waals surface area contributed by atoms with Crippen molar-refractivity contribution in [2.24, 2.45) is 0 Å². The first-order valence-electron chi connectivity index (χ1n) is 15.6. The van der Waals surface area contributed by atoms with E-state index in [2.05, 4.69) is 71.5 Å². The molecule has 0 spiro atoms. The van der Waals surface area contributed by atoms with Gasteiger partial charge in [-0.05, 0) is 91.7 Å². The molecule has 2 aliphatic rings. The minimum absolute atomic E-state index is 0.424. The second-order valence-electron chi connectivity index (χ2n) is 11.7. The third-order valence-electron chi connectivity index (χ3n) is 8.83. The molecule has 0 saturated carbocycles. The Morgan fingerprint density at radius 3 is 2.66 bits per heavy atom. The van der Waals surface area contributed by atoms with E-state index < -0.39 is 12.0 Å². The van der Waals surface area contributed by atoms with E-state index in [1.165, 1.54) is 0 Å². The number of carboxylic acids is 1. The molecule has 9 heteroatoms. The first kappa shape index (κ1) is 30.0. The number of hydrogen-bond acceptors (Lipinski definition) is 8. The minimum atomic E-state index is -0.751. The highest BCUT2D eigenvalue weighted by Gasteiger charge is 2.30. The van der Waals surface area contributed by atoms with E-state index in [4.69, 9.17) is 14.5 Å². The van der Waals surface area contributed by atoms with E-state index in [1.807, 2.05) is 17.2 Å². The number of hydrogen-bond donors (Lipinski definition) is 2. The average Bonchev–Trinajstić information content (AvgIpc) is 3.50. The number of fused-ring (bicyclic) bond motifs is 1. The van der Waals surface area contributed by atoms with Crippen molar-refractivity contribution in [2.75, 3.05) is 51.3 Å². The molecule has 4 aromatic rings. The summed E-state index contributed by atoms with van der Waals surface area (Å²) in [5, 5.41) is 14.1. The molecule has 230 valence electrons. The number of likely N-dealkylation sites (tertiary alicyclic amines) is 1. The maximum Gasteiger partial charge on any atom is 0.320 e. The summed E-state index contributed by atoms with van der Waals surface area (Å²) >= 11 is 0. The number of carboxylic acid groups (broad SMARTS) is 1. The molecule has 2 aromatic heterocycles. The van der Waals surface area contributed by atoms with Gasteiger partial charge in [0, 0.05) is 49.6 Å². The number of carbonyl (C=O) groups is 1. The molecule has 9 nitrogen and oxygen atoms in total. The van der Waals surface area contributed by atoms with Crippen molar-refractivity contribution in [1.82, 2.24) is 19.8 Å². The number of rotatable bonds is 11. The first-order valence-corrected chi connectivity index (χ1v) is 15.6. The molecule has 2 fully saturated rings. The Hall–Kier alpha value is -4.05. The summed E-state index contributed by atoms with van der Waals surface area (Å²) in [5.41, 5.74) is 7.27. The summed E-state index contributed by atoms with van der Waals surface area (Å²) < 4.78 is 11.7. The number of aliphatic carboxylic acids is 1. The predicted octanol–water partition coefficient (Wildman–Crippen LogP) is 5.81. The molecule has 2 saturated heterocycles. The summed E-state index contributed by atoms with van der Waals surface area (Å²) in [6.45, 7) is 10.9. The molecule has 2 aromatic carbocycles. The number of morpholine rings is 1. The van der Waals surface area contributed by atoms with E-state index >= 15 is 0 Å². The van der Waals surface area contributed by atoms with Gasteiger partial charge in [-0.3, -0.25) is 19.6 Å². The lowest BCUT2D eigenvalue weighted by Gasteiger charge is -2.26. The van der Waals surface area contributed by atoms with Crippen LogP contribution in [0.4, 0.5) is 11.5 Å². The van der Waals surface area contributed by atoms with Gasteiger partial charge >= 0.3 is 5.97 Å². The van der Waals surface area contributed by atoms with Crippen LogP contribution in [0.1, 0.15) is 36.0 Å². The Morgan fingerprint density at radius 1 is 1.05 bits per heavy atom. The summed E-state index contributed by atoms with van der Waals surface area (Å²) in [7, 11) is 0. The molecule has 0 amide bonds. The van der Waals surface area contributed by atoms with Gasteiger partial charge in [0.1, 0.15) is 17.3 Å². The van der Waals surface area contributed by atoms with Crippen LogP contribution in [0.15, 0.2) is 60.9 Å².